The summed E-state index contributed by atoms with van der Waals surface area (Å²) < 4.78 is 0.331. The highest BCUT2D eigenvalue weighted by atomic mass is 32.2. The van der Waals surface area contributed by atoms with Gasteiger partial charge in [-0.15, -0.1) is 0 Å². The number of pyridine rings is 1. The largest absolute Gasteiger partial charge is 0.368 e. The lowest BCUT2D eigenvalue weighted by Gasteiger charge is -2.20. The van der Waals surface area contributed by atoms with E-state index in [1.807, 2.05) is 47.0 Å². The molecule has 0 radical (unpaired) electrons. The monoisotopic (exact) mass is 339 g/mol. The van der Waals surface area contributed by atoms with E-state index in [-0.39, 0.29) is 5.91 Å². The van der Waals surface area contributed by atoms with Gasteiger partial charge in [0.15, 0.2) is 0 Å². The number of nitrogens with one attached hydrogen (secondary N) is 1. The summed E-state index contributed by atoms with van der Waals surface area (Å²) in [5, 5.41) is 3.42. The average Bonchev–Trinajstić information content (AvgIpc) is 3.30. The number of carbonyl (C=O) groups is 1. The van der Waals surface area contributed by atoms with Crippen molar-refractivity contribution >= 4 is 29.2 Å². The second kappa shape index (κ2) is 6.13. The number of anilines is 2. The topological polar surface area (TPSA) is 45.2 Å². The van der Waals surface area contributed by atoms with E-state index in [0.29, 0.717) is 16.1 Å². The normalized spacial score (nSPS) is 17.5. The number of hydrogen-bond donors (Lipinski definition) is 1. The summed E-state index contributed by atoms with van der Waals surface area (Å²) in [6.07, 6.45) is 7.28. The molecule has 1 N–H and O–H groups in total. The number of benzene rings is 1. The fraction of sp³-hybridized carbons (Fsp3) is 0.368. The van der Waals surface area contributed by atoms with Crippen molar-refractivity contribution in [2.24, 2.45) is 0 Å². The highest BCUT2D eigenvalue weighted by Gasteiger charge is 2.41. The van der Waals surface area contributed by atoms with Gasteiger partial charge in [-0.3, -0.25) is 4.79 Å². The zero-order valence-electron chi connectivity index (χ0n) is 13.8. The van der Waals surface area contributed by atoms with Gasteiger partial charge in [0, 0.05) is 29.7 Å². The third-order valence-electron chi connectivity index (χ3n) is 4.99. The number of para-hydroxylation sites is 1. The first kappa shape index (κ1) is 15.5. The van der Waals surface area contributed by atoms with Crippen LogP contribution in [0.1, 0.15) is 28.8 Å². The first-order valence-electron chi connectivity index (χ1n) is 8.36. The quantitative estimate of drug-likeness (QED) is 0.904. The zero-order valence-corrected chi connectivity index (χ0v) is 14.6. The number of fused-ring (bicyclic) bond motifs is 1. The maximum atomic E-state index is 13.1. The van der Waals surface area contributed by atoms with Crippen LogP contribution in [0.2, 0.25) is 0 Å². The molecular formula is C19H21N3OS. The Bertz CT molecular complexity index is 773. The molecule has 4 nitrogen and oxygen atoms in total. The second-order valence-corrected chi connectivity index (χ2v) is 7.75. The molecule has 1 aliphatic heterocycles. The van der Waals surface area contributed by atoms with E-state index in [2.05, 4.69) is 22.6 Å². The molecular weight excluding hydrogens is 318 g/mol. The molecule has 0 saturated heterocycles. The Labute approximate surface area is 146 Å². The maximum Gasteiger partial charge on any atom is 0.262 e. The van der Waals surface area contributed by atoms with Crippen LogP contribution in [0.3, 0.4) is 0 Å². The average molecular weight is 339 g/mol. The van der Waals surface area contributed by atoms with Crippen LogP contribution in [0.25, 0.3) is 0 Å². The van der Waals surface area contributed by atoms with Gasteiger partial charge >= 0.3 is 0 Å². The predicted octanol–water partition coefficient (Wildman–Crippen LogP) is 3.59. The molecule has 124 valence electrons. The number of aromatic nitrogens is 1. The minimum Gasteiger partial charge on any atom is -0.368 e. The number of nitrogens with zero attached hydrogens (tertiary/aromatic N) is 2. The zero-order chi connectivity index (χ0) is 16.6. The lowest BCUT2D eigenvalue weighted by atomic mass is 10.1. The minimum absolute atomic E-state index is 0.0320. The fourth-order valence-corrected chi connectivity index (χ4v) is 3.98. The molecule has 2 aromatic rings. The molecule has 5 heteroatoms. The molecule has 1 aromatic carbocycles. The van der Waals surface area contributed by atoms with Gasteiger partial charge in [0.2, 0.25) is 0 Å². The molecule has 4 rings (SSSR count). The summed E-state index contributed by atoms with van der Waals surface area (Å²) in [6, 6.07) is 11.8. The summed E-state index contributed by atoms with van der Waals surface area (Å²) in [5.74, 6) is 0.733. The molecule has 1 saturated carbocycles. The Kier molecular flexibility index (Phi) is 3.96. The third-order valence-corrected chi connectivity index (χ3v) is 6.41. The number of hydrogen-bond acceptors (Lipinski definition) is 4. The Morgan fingerprint density at radius 3 is 2.92 bits per heavy atom. The van der Waals surface area contributed by atoms with E-state index in [1.165, 1.54) is 18.4 Å². The number of rotatable bonds is 5. The Balaban J connectivity index is 1.57. The predicted molar refractivity (Wildman–Crippen MR) is 100 cm³/mol. The van der Waals surface area contributed by atoms with Crippen molar-refractivity contribution in [3.8, 4) is 0 Å². The van der Waals surface area contributed by atoms with Crippen LogP contribution in [0.4, 0.5) is 11.5 Å². The molecule has 0 unspecified atom stereocenters. The van der Waals surface area contributed by atoms with E-state index >= 15 is 0 Å². The first-order chi connectivity index (χ1) is 11.7. The Morgan fingerprint density at radius 2 is 2.12 bits per heavy atom. The Morgan fingerprint density at radius 1 is 1.29 bits per heavy atom. The summed E-state index contributed by atoms with van der Waals surface area (Å²) in [5.41, 5.74) is 2.93. The van der Waals surface area contributed by atoms with E-state index in [1.54, 1.807) is 6.20 Å². The van der Waals surface area contributed by atoms with Gasteiger partial charge in [0.05, 0.1) is 5.56 Å². The van der Waals surface area contributed by atoms with Crippen molar-refractivity contribution in [1.29, 1.82) is 0 Å². The molecule has 0 bridgehead atoms. The van der Waals surface area contributed by atoms with Crippen LogP contribution >= 0.6 is 11.8 Å². The van der Waals surface area contributed by atoms with Crippen molar-refractivity contribution in [3.63, 3.8) is 0 Å². The van der Waals surface area contributed by atoms with Crippen molar-refractivity contribution < 1.29 is 4.79 Å². The number of carbonyl (C=O) groups excluding carboxylic acids is 1. The van der Waals surface area contributed by atoms with Crippen LogP contribution in [-0.2, 0) is 6.42 Å². The summed E-state index contributed by atoms with van der Waals surface area (Å²) in [7, 11) is 0. The van der Waals surface area contributed by atoms with Gasteiger partial charge in [-0.2, -0.15) is 11.8 Å². The van der Waals surface area contributed by atoms with E-state index < -0.39 is 0 Å². The molecule has 24 heavy (non-hydrogen) atoms. The second-order valence-electron chi connectivity index (χ2n) is 6.48. The van der Waals surface area contributed by atoms with Crippen molar-refractivity contribution in [3.05, 3.63) is 53.7 Å². The summed E-state index contributed by atoms with van der Waals surface area (Å²) >= 11 is 1.90. The van der Waals surface area contributed by atoms with E-state index in [9.17, 15) is 4.79 Å². The molecule has 0 atom stereocenters. The molecule has 1 amide bonds. The Hall–Kier alpha value is -2.01. The lowest BCUT2D eigenvalue weighted by molar-refractivity contribution is 0.0990. The summed E-state index contributed by atoms with van der Waals surface area (Å²) in [4.78, 5) is 19.4. The highest BCUT2D eigenvalue weighted by Crippen LogP contribution is 2.47. The fourth-order valence-electron chi connectivity index (χ4n) is 3.25. The van der Waals surface area contributed by atoms with Gasteiger partial charge in [-0.05, 0) is 49.3 Å². The first-order valence-corrected chi connectivity index (χ1v) is 9.59. The van der Waals surface area contributed by atoms with Crippen molar-refractivity contribution in [2.45, 2.75) is 24.0 Å². The molecule has 2 heterocycles. The van der Waals surface area contributed by atoms with Crippen LogP contribution in [-0.4, -0.2) is 35.0 Å². The SMILES string of the molecule is CSC1(CNc2ncccc2C(=O)N2CCc3ccccc32)CC1. The molecule has 1 aromatic heterocycles. The smallest absolute Gasteiger partial charge is 0.262 e. The van der Waals surface area contributed by atoms with Gasteiger partial charge < -0.3 is 10.2 Å². The van der Waals surface area contributed by atoms with Gasteiger partial charge in [0.1, 0.15) is 5.82 Å². The maximum absolute atomic E-state index is 13.1. The standard InChI is InChI=1S/C19H21N3OS/c1-24-19(9-10-19)13-21-17-15(6-4-11-20-17)18(23)22-12-8-14-5-2-3-7-16(14)22/h2-7,11H,8-10,12-13H2,1H3,(H,20,21). The van der Waals surface area contributed by atoms with E-state index in [0.717, 1.165) is 25.2 Å². The van der Waals surface area contributed by atoms with E-state index in [4.69, 9.17) is 0 Å². The van der Waals surface area contributed by atoms with Gasteiger partial charge in [-0.25, -0.2) is 4.98 Å². The van der Waals surface area contributed by atoms with Crippen LogP contribution in [0, 0.1) is 0 Å². The van der Waals surface area contributed by atoms with Crippen LogP contribution in [0.5, 0.6) is 0 Å². The minimum atomic E-state index is 0.0320. The molecule has 1 aliphatic carbocycles. The third kappa shape index (κ3) is 2.77. The number of thioether (sulfide) groups is 1. The van der Waals surface area contributed by atoms with Crippen LogP contribution < -0.4 is 10.2 Å². The molecule has 2 aliphatic rings. The lowest BCUT2D eigenvalue weighted by Crippen LogP contribution is -2.30. The van der Waals surface area contributed by atoms with Crippen molar-refractivity contribution in [2.75, 3.05) is 29.6 Å². The van der Waals surface area contributed by atoms with Gasteiger partial charge in [0.25, 0.3) is 5.91 Å². The van der Waals surface area contributed by atoms with Crippen LogP contribution in [0.15, 0.2) is 42.6 Å². The van der Waals surface area contributed by atoms with Crippen molar-refractivity contribution in [1.82, 2.24) is 4.98 Å². The molecule has 1 fully saturated rings. The highest BCUT2D eigenvalue weighted by molar-refractivity contribution is 8.00. The van der Waals surface area contributed by atoms with Gasteiger partial charge in [-0.1, -0.05) is 18.2 Å². The summed E-state index contributed by atoms with van der Waals surface area (Å²) in [6.45, 7) is 1.60. The number of amides is 1. The molecule has 0 spiro atoms.